The van der Waals surface area contributed by atoms with E-state index in [4.69, 9.17) is 5.73 Å². The Kier molecular flexibility index (Phi) is 5.85. The van der Waals surface area contributed by atoms with E-state index < -0.39 is 0 Å². The van der Waals surface area contributed by atoms with E-state index in [2.05, 4.69) is 44.8 Å². The van der Waals surface area contributed by atoms with Crippen molar-refractivity contribution in [1.29, 1.82) is 0 Å². The first-order chi connectivity index (χ1) is 7.24. The first kappa shape index (κ1) is 12.6. The molecule has 1 unspecified atom stereocenters. The van der Waals surface area contributed by atoms with Crippen LogP contribution < -0.4 is 11.1 Å². The molecule has 3 N–H and O–H groups in total. The van der Waals surface area contributed by atoms with Crippen LogP contribution in [0.15, 0.2) is 12.5 Å². The summed E-state index contributed by atoms with van der Waals surface area (Å²) in [6.07, 6.45) is 5.65. The van der Waals surface area contributed by atoms with Crippen molar-refractivity contribution in [2.75, 3.05) is 18.4 Å². The van der Waals surface area contributed by atoms with Crippen LogP contribution in [0.4, 0.5) is 5.82 Å². The summed E-state index contributed by atoms with van der Waals surface area (Å²) in [6, 6.07) is 0. The van der Waals surface area contributed by atoms with Gasteiger partial charge in [-0.3, -0.25) is 0 Å². The summed E-state index contributed by atoms with van der Waals surface area (Å²) in [5, 5.41) is 3.29. The molecule has 0 aliphatic carbocycles. The highest BCUT2D eigenvalue weighted by atomic mass is 127. The fraction of sp³-hybridized carbons (Fsp3) is 0.600. The van der Waals surface area contributed by atoms with Gasteiger partial charge >= 0.3 is 0 Å². The minimum absolute atomic E-state index is 0.608. The molecule has 15 heavy (non-hydrogen) atoms. The molecule has 0 aromatic carbocycles. The molecule has 0 saturated heterocycles. The molecule has 0 fully saturated rings. The molecule has 1 rings (SSSR count). The maximum absolute atomic E-state index is 5.55. The zero-order chi connectivity index (χ0) is 11.1. The van der Waals surface area contributed by atoms with Crippen LogP contribution in [0.25, 0.3) is 0 Å². The lowest BCUT2D eigenvalue weighted by molar-refractivity contribution is 0.529. The van der Waals surface area contributed by atoms with Gasteiger partial charge in [0.1, 0.15) is 12.1 Å². The van der Waals surface area contributed by atoms with Gasteiger partial charge in [-0.05, 0) is 47.9 Å². The van der Waals surface area contributed by atoms with E-state index in [-0.39, 0.29) is 0 Å². The largest absolute Gasteiger partial charge is 0.369 e. The maximum atomic E-state index is 5.55. The fourth-order valence-corrected chi connectivity index (χ4v) is 1.71. The van der Waals surface area contributed by atoms with Crippen LogP contribution in [0.5, 0.6) is 0 Å². The number of hydrogen-bond acceptors (Lipinski definition) is 4. The number of rotatable bonds is 6. The highest BCUT2D eigenvalue weighted by Crippen LogP contribution is 2.12. The van der Waals surface area contributed by atoms with E-state index in [1.54, 1.807) is 12.5 Å². The number of halogens is 1. The molecule has 0 saturated carbocycles. The van der Waals surface area contributed by atoms with Crippen LogP contribution in [0.3, 0.4) is 0 Å². The predicted octanol–water partition coefficient (Wildman–Crippen LogP) is 1.87. The van der Waals surface area contributed by atoms with Crippen LogP contribution in [0.1, 0.15) is 19.8 Å². The Morgan fingerprint density at radius 3 is 3.07 bits per heavy atom. The van der Waals surface area contributed by atoms with E-state index in [0.717, 1.165) is 35.3 Å². The van der Waals surface area contributed by atoms with Crippen LogP contribution in [0, 0.1) is 9.49 Å². The van der Waals surface area contributed by atoms with E-state index in [1.807, 2.05) is 0 Å². The molecule has 1 aromatic heterocycles. The van der Waals surface area contributed by atoms with Crippen molar-refractivity contribution in [3.8, 4) is 0 Å². The molecule has 0 spiro atoms. The topological polar surface area (TPSA) is 63.8 Å². The van der Waals surface area contributed by atoms with E-state index >= 15 is 0 Å². The van der Waals surface area contributed by atoms with Gasteiger partial charge in [0.2, 0.25) is 0 Å². The maximum Gasteiger partial charge on any atom is 0.142 e. The monoisotopic (exact) mass is 320 g/mol. The van der Waals surface area contributed by atoms with Gasteiger partial charge in [0, 0.05) is 12.7 Å². The Balaban J connectivity index is 2.23. The lowest BCUT2D eigenvalue weighted by atomic mass is 10.1. The highest BCUT2D eigenvalue weighted by Gasteiger charge is 2.01. The summed E-state index contributed by atoms with van der Waals surface area (Å²) < 4.78 is 1.06. The molecule has 0 aliphatic heterocycles. The first-order valence-electron chi connectivity index (χ1n) is 5.13. The number of anilines is 1. The molecule has 4 nitrogen and oxygen atoms in total. The third-order valence-corrected chi connectivity index (χ3v) is 3.03. The lowest BCUT2D eigenvalue weighted by Gasteiger charge is -2.09. The number of aromatic nitrogens is 2. The third-order valence-electron chi connectivity index (χ3n) is 2.24. The van der Waals surface area contributed by atoms with E-state index in [1.165, 1.54) is 0 Å². The number of nitrogens with two attached hydrogens (primary N) is 1. The Morgan fingerprint density at radius 1 is 1.60 bits per heavy atom. The van der Waals surface area contributed by atoms with Crippen LogP contribution in [0.2, 0.25) is 0 Å². The van der Waals surface area contributed by atoms with E-state index in [9.17, 15) is 0 Å². The Labute approximate surface area is 104 Å². The normalized spacial score (nSPS) is 12.5. The summed E-state index contributed by atoms with van der Waals surface area (Å²) in [4.78, 5) is 8.10. The van der Waals surface area contributed by atoms with Crippen molar-refractivity contribution < 1.29 is 0 Å². The summed E-state index contributed by atoms with van der Waals surface area (Å²) in [5.41, 5.74) is 5.55. The van der Waals surface area contributed by atoms with Crippen molar-refractivity contribution in [2.24, 2.45) is 11.7 Å². The number of nitrogens with zero attached hydrogens (tertiary/aromatic N) is 2. The van der Waals surface area contributed by atoms with Crippen LogP contribution in [-0.2, 0) is 0 Å². The first-order valence-corrected chi connectivity index (χ1v) is 6.21. The quantitative estimate of drug-likeness (QED) is 0.620. The molecule has 0 aliphatic rings. The molecular weight excluding hydrogens is 303 g/mol. The molecule has 5 heteroatoms. The summed E-state index contributed by atoms with van der Waals surface area (Å²) in [5.74, 6) is 1.53. The average Bonchev–Trinajstić information content (AvgIpc) is 2.26. The van der Waals surface area contributed by atoms with Gasteiger partial charge in [-0.1, -0.05) is 6.92 Å². The van der Waals surface area contributed by atoms with Gasteiger partial charge in [-0.25, -0.2) is 9.97 Å². The van der Waals surface area contributed by atoms with Crippen molar-refractivity contribution in [2.45, 2.75) is 19.8 Å². The SMILES string of the molecule is CC(CN)CCCNc1ncncc1I. The van der Waals surface area contributed by atoms with Crippen molar-refractivity contribution in [3.63, 3.8) is 0 Å². The second kappa shape index (κ2) is 6.95. The molecular formula is C10H17IN4. The second-order valence-corrected chi connectivity index (χ2v) is 4.79. The minimum Gasteiger partial charge on any atom is -0.369 e. The Morgan fingerprint density at radius 2 is 2.40 bits per heavy atom. The molecule has 1 heterocycles. The van der Waals surface area contributed by atoms with Gasteiger partial charge in [0.05, 0.1) is 3.57 Å². The second-order valence-electron chi connectivity index (χ2n) is 3.63. The fourth-order valence-electron chi connectivity index (χ4n) is 1.22. The van der Waals surface area contributed by atoms with Gasteiger partial charge in [-0.2, -0.15) is 0 Å². The zero-order valence-corrected chi connectivity index (χ0v) is 11.1. The standard InChI is InChI=1S/C10H17IN4/c1-8(5-12)3-2-4-14-10-9(11)6-13-7-15-10/h6-8H,2-5,12H2,1H3,(H,13,14,15). The smallest absolute Gasteiger partial charge is 0.142 e. The number of hydrogen-bond donors (Lipinski definition) is 2. The highest BCUT2D eigenvalue weighted by molar-refractivity contribution is 14.1. The van der Waals surface area contributed by atoms with Gasteiger partial charge in [-0.15, -0.1) is 0 Å². The molecule has 1 aromatic rings. The predicted molar refractivity (Wildman–Crippen MR) is 70.7 cm³/mol. The summed E-state index contributed by atoms with van der Waals surface area (Å²) in [7, 11) is 0. The third kappa shape index (κ3) is 4.74. The summed E-state index contributed by atoms with van der Waals surface area (Å²) in [6.45, 7) is 3.89. The van der Waals surface area contributed by atoms with Crippen molar-refractivity contribution in [1.82, 2.24) is 9.97 Å². The molecule has 0 bridgehead atoms. The summed E-state index contributed by atoms with van der Waals surface area (Å²) >= 11 is 2.23. The zero-order valence-electron chi connectivity index (χ0n) is 8.91. The molecule has 1 atom stereocenters. The van der Waals surface area contributed by atoms with Crippen molar-refractivity contribution >= 4 is 28.4 Å². The Hall–Kier alpha value is -0.430. The molecule has 84 valence electrons. The van der Waals surface area contributed by atoms with E-state index in [0.29, 0.717) is 5.92 Å². The van der Waals surface area contributed by atoms with Gasteiger partial charge in [0.15, 0.2) is 0 Å². The van der Waals surface area contributed by atoms with Crippen molar-refractivity contribution in [3.05, 3.63) is 16.1 Å². The van der Waals surface area contributed by atoms with Gasteiger partial charge < -0.3 is 11.1 Å². The van der Waals surface area contributed by atoms with Gasteiger partial charge in [0.25, 0.3) is 0 Å². The van der Waals surface area contributed by atoms with Crippen LogP contribution >= 0.6 is 22.6 Å². The lowest BCUT2D eigenvalue weighted by Crippen LogP contribution is -2.13. The molecule has 0 amide bonds. The average molecular weight is 320 g/mol. The Bertz CT molecular complexity index is 293. The van der Waals surface area contributed by atoms with Crippen LogP contribution in [-0.4, -0.2) is 23.1 Å². The molecule has 0 radical (unpaired) electrons. The number of nitrogens with one attached hydrogen (secondary N) is 1. The minimum atomic E-state index is 0.608.